The number of carbonyl (C=O) groups is 5. The third-order valence-electron chi connectivity index (χ3n) is 10.0. The highest BCUT2D eigenvalue weighted by molar-refractivity contribution is 7.08. The van der Waals surface area contributed by atoms with E-state index in [0.717, 1.165) is 37.7 Å². The summed E-state index contributed by atoms with van der Waals surface area (Å²) in [4.78, 5) is 70.5. The van der Waals surface area contributed by atoms with Crippen LogP contribution in [0.3, 0.4) is 0 Å². The van der Waals surface area contributed by atoms with Gasteiger partial charge in [-0.1, -0.05) is 33.1 Å². The molecule has 3 fully saturated rings. The van der Waals surface area contributed by atoms with Crippen molar-refractivity contribution in [3.63, 3.8) is 0 Å². The second-order valence-electron chi connectivity index (χ2n) is 13.7. The van der Waals surface area contributed by atoms with E-state index in [1.807, 2.05) is 36.7 Å². The van der Waals surface area contributed by atoms with Gasteiger partial charge in [0.15, 0.2) is 5.78 Å². The maximum Gasteiger partial charge on any atom is 0.310 e. The molecule has 0 bridgehead atoms. The van der Waals surface area contributed by atoms with Crippen molar-refractivity contribution >= 4 is 40.7 Å². The van der Waals surface area contributed by atoms with E-state index in [0.29, 0.717) is 24.3 Å². The van der Waals surface area contributed by atoms with E-state index < -0.39 is 41.4 Å². The lowest BCUT2D eigenvalue weighted by molar-refractivity contribution is -0.146. The second-order valence-corrected chi connectivity index (χ2v) is 14.5. The van der Waals surface area contributed by atoms with E-state index in [9.17, 15) is 29.1 Å². The summed E-state index contributed by atoms with van der Waals surface area (Å²) in [7, 11) is 0. The summed E-state index contributed by atoms with van der Waals surface area (Å²) in [5, 5.41) is 19.5. The normalized spacial score (nSPS) is 23.7. The summed E-state index contributed by atoms with van der Waals surface area (Å²) < 4.78 is 6.45. The average Bonchev–Trinajstić information content (AvgIpc) is 3.41. The molecule has 3 aliphatic rings. The van der Waals surface area contributed by atoms with Gasteiger partial charge < -0.3 is 20.5 Å². The van der Waals surface area contributed by atoms with Crippen LogP contribution in [0.4, 0.5) is 0 Å². The summed E-state index contributed by atoms with van der Waals surface area (Å²) in [6.07, 6.45) is 7.18. The maximum atomic E-state index is 14.4. The molecule has 1 unspecified atom stereocenters. The van der Waals surface area contributed by atoms with Crippen molar-refractivity contribution in [3.05, 3.63) is 35.2 Å². The Kier molecular flexibility index (Phi) is 10.6. The summed E-state index contributed by atoms with van der Waals surface area (Å²) in [5.41, 5.74) is 0.518. The van der Waals surface area contributed by atoms with Gasteiger partial charge in [0.2, 0.25) is 11.8 Å². The molecule has 5 atom stereocenters. The van der Waals surface area contributed by atoms with Crippen LogP contribution in [-0.2, 0) is 24.0 Å². The van der Waals surface area contributed by atoms with Gasteiger partial charge in [0.25, 0.3) is 0 Å². The Bertz CT molecular complexity index is 1430. The Labute approximate surface area is 274 Å². The van der Waals surface area contributed by atoms with E-state index >= 15 is 0 Å². The molecule has 2 amide bonds. The first kappa shape index (κ1) is 33.8. The van der Waals surface area contributed by atoms with Crippen molar-refractivity contribution in [2.45, 2.75) is 103 Å². The Hall–Kier alpha value is -3.60. The van der Waals surface area contributed by atoms with Crippen LogP contribution in [0, 0.1) is 29.1 Å². The zero-order chi connectivity index (χ0) is 33.0. The van der Waals surface area contributed by atoms with Gasteiger partial charge in [0.05, 0.1) is 11.5 Å². The number of carboxylic acids is 1. The van der Waals surface area contributed by atoms with Gasteiger partial charge in [-0.05, 0) is 73.9 Å². The van der Waals surface area contributed by atoms with Crippen molar-refractivity contribution < 1.29 is 33.8 Å². The Morgan fingerprint density at radius 1 is 1.04 bits per heavy atom. The molecule has 0 aliphatic heterocycles. The lowest BCUT2D eigenvalue weighted by atomic mass is 9.79. The van der Waals surface area contributed by atoms with Crippen LogP contribution in [0.1, 0.15) is 85.0 Å². The quantitative estimate of drug-likeness (QED) is 0.252. The Balaban J connectivity index is 1.38. The topological polar surface area (TPSA) is 152 Å². The molecule has 0 radical (unpaired) electrons. The number of thiophene rings is 1. The zero-order valence-electron chi connectivity index (χ0n) is 26.8. The van der Waals surface area contributed by atoms with E-state index in [2.05, 4.69) is 15.6 Å². The molecule has 248 valence electrons. The number of pyridine rings is 1. The van der Waals surface area contributed by atoms with Crippen molar-refractivity contribution in [3.8, 4) is 17.0 Å². The van der Waals surface area contributed by atoms with Crippen molar-refractivity contribution in [2.75, 3.05) is 0 Å². The number of aliphatic carboxylic acids is 1. The Morgan fingerprint density at radius 2 is 1.76 bits per heavy atom. The first-order valence-corrected chi connectivity index (χ1v) is 17.4. The number of ether oxygens (including phenoxy) is 1. The van der Waals surface area contributed by atoms with Crippen LogP contribution in [0.2, 0.25) is 0 Å². The van der Waals surface area contributed by atoms with E-state index in [4.69, 9.17) is 4.74 Å². The monoisotopic (exact) mass is 651 g/mol. The molecule has 2 heterocycles. The SMILES string of the molecule is CC(=O)N[C@H](C(=O)N[C@H](C(=O)C1C[C@H](Oc2cccnc2-c2ccsc2)C[C@H]1C(=O)CC1(C(=O)O)CC1)C(C)C)C1CCCCC1. The lowest BCUT2D eigenvalue weighted by Crippen LogP contribution is -2.56. The molecule has 0 saturated heterocycles. The van der Waals surface area contributed by atoms with Crippen LogP contribution >= 0.6 is 11.3 Å². The predicted octanol–water partition coefficient (Wildman–Crippen LogP) is 5.20. The molecule has 3 aliphatic carbocycles. The van der Waals surface area contributed by atoms with Crippen molar-refractivity contribution in [1.82, 2.24) is 15.6 Å². The minimum Gasteiger partial charge on any atom is -0.488 e. The highest BCUT2D eigenvalue weighted by Gasteiger charge is 2.54. The average molecular weight is 652 g/mol. The number of nitrogens with zero attached hydrogens (tertiary/aromatic N) is 1. The summed E-state index contributed by atoms with van der Waals surface area (Å²) >= 11 is 1.54. The molecule has 5 rings (SSSR count). The highest BCUT2D eigenvalue weighted by Crippen LogP contribution is 2.51. The second kappa shape index (κ2) is 14.4. The number of amides is 2. The fourth-order valence-electron chi connectivity index (χ4n) is 7.24. The van der Waals surface area contributed by atoms with E-state index in [1.165, 1.54) is 6.92 Å². The third-order valence-corrected chi connectivity index (χ3v) is 10.7. The molecule has 3 saturated carbocycles. The van der Waals surface area contributed by atoms with Gasteiger partial charge in [-0.3, -0.25) is 29.0 Å². The fourth-order valence-corrected chi connectivity index (χ4v) is 7.89. The van der Waals surface area contributed by atoms with E-state index in [1.54, 1.807) is 23.6 Å². The predicted molar refractivity (Wildman–Crippen MR) is 173 cm³/mol. The van der Waals surface area contributed by atoms with Crippen molar-refractivity contribution in [2.24, 2.45) is 29.1 Å². The fraction of sp³-hybridized carbons (Fsp3) is 0.600. The zero-order valence-corrected chi connectivity index (χ0v) is 27.6. The third kappa shape index (κ3) is 7.67. The van der Waals surface area contributed by atoms with Gasteiger partial charge in [-0.25, -0.2) is 0 Å². The van der Waals surface area contributed by atoms with Crippen LogP contribution < -0.4 is 15.4 Å². The number of hydrogen-bond acceptors (Lipinski definition) is 8. The number of nitrogens with one attached hydrogen (secondary N) is 2. The summed E-state index contributed by atoms with van der Waals surface area (Å²) in [5.74, 6) is -3.43. The summed E-state index contributed by atoms with van der Waals surface area (Å²) in [6.45, 7) is 5.09. The van der Waals surface area contributed by atoms with Crippen molar-refractivity contribution in [1.29, 1.82) is 0 Å². The number of aromatic nitrogens is 1. The summed E-state index contributed by atoms with van der Waals surface area (Å²) in [6, 6.07) is 3.92. The lowest BCUT2D eigenvalue weighted by Gasteiger charge is -2.32. The minimum atomic E-state index is -1.06. The number of Topliss-reactive ketones (excluding diaryl/α,β-unsaturated/α-hetero) is 2. The van der Waals surface area contributed by atoms with Gasteiger partial charge in [-0.2, -0.15) is 11.3 Å². The molecule has 0 spiro atoms. The first-order chi connectivity index (χ1) is 22.0. The van der Waals surface area contributed by atoms with Crippen LogP contribution in [0.5, 0.6) is 5.75 Å². The highest BCUT2D eigenvalue weighted by atomic mass is 32.1. The number of rotatable bonds is 14. The molecule has 2 aromatic heterocycles. The molecule has 0 aromatic carbocycles. The van der Waals surface area contributed by atoms with Crippen LogP contribution in [0.25, 0.3) is 11.3 Å². The molecule has 46 heavy (non-hydrogen) atoms. The smallest absolute Gasteiger partial charge is 0.310 e. The van der Waals surface area contributed by atoms with Gasteiger partial charge in [0, 0.05) is 42.3 Å². The minimum absolute atomic E-state index is 0.0122. The largest absolute Gasteiger partial charge is 0.488 e. The van der Waals surface area contributed by atoms with E-state index in [-0.39, 0.29) is 54.5 Å². The molecular formula is C35H45N3O7S. The molecule has 10 nitrogen and oxygen atoms in total. The van der Waals surface area contributed by atoms with Gasteiger partial charge >= 0.3 is 5.97 Å². The Morgan fingerprint density at radius 3 is 2.37 bits per heavy atom. The molecule has 11 heteroatoms. The first-order valence-electron chi connectivity index (χ1n) is 16.5. The van der Waals surface area contributed by atoms with Crippen LogP contribution in [0.15, 0.2) is 35.2 Å². The standard InChI is InChI=1S/C35H45N3O7S/c1-20(2)29(38-33(42)31(37-21(3)39)22-8-5-4-6-9-22)32(41)26-17-24(16-25(26)27(40)18-35(12-13-35)34(43)44)45-28-10-7-14-36-30(28)23-11-15-46-19-23/h7,10-11,14-15,19-20,22,24-26,29,31H,4-6,8-9,12-13,16-18H2,1-3H3,(H,37,39)(H,38,42)(H,43,44)/t24-,25-,26?,29+,31+/m1/s1. The molecular weight excluding hydrogens is 606 g/mol. The number of ketones is 2. The van der Waals surface area contributed by atoms with Crippen LogP contribution in [-0.4, -0.2) is 57.6 Å². The van der Waals surface area contributed by atoms with Gasteiger partial charge in [0.1, 0.15) is 29.4 Å². The molecule has 2 aromatic rings. The number of hydrogen-bond donors (Lipinski definition) is 3. The van der Waals surface area contributed by atoms with Gasteiger partial charge in [-0.15, -0.1) is 0 Å². The number of carbonyl (C=O) groups excluding carboxylic acids is 4. The number of carboxylic acid groups (broad SMARTS) is 1. The molecule has 3 N–H and O–H groups in total. The maximum absolute atomic E-state index is 14.4.